The number of alkyl carbamates (subject to hydrolysis) is 1. The van der Waals surface area contributed by atoms with E-state index in [1.165, 1.54) is 36.4 Å². The number of amidine groups is 1. The van der Waals surface area contributed by atoms with Gasteiger partial charge in [-0.1, -0.05) is 0 Å². The van der Waals surface area contributed by atoms with Gasteiger partial charge in [-0.2, -0.15) is 0 Å². The number of halogens is 1. The molecule has 0 aromatic heterocycles. The summed E-state index contributed by atoms with van der Waals surface area (Å²) >= 11 is 0. The number of benzene rings is 3. The number of carbonyl (C=O) groups excluding carboxylic acids is 2. The van der Waals surface area contributed by atoms with E-state index in [2.05, 4.69) is 16.0 Å². The molecule has 0 radical (unpaired) electrons. The Morgan fingerprint density at radius 2 is 1.77 bits per heavy atom. The van der Waals surface area contributed by atoms with Gasteiger partial charge in [-0.05, 0) is 80.9 Å². The zero-order valence-electron chi connectivity index (χ0n) is 23.8. The summed E-state index contributed by atoms with van der Waals surface area (Å²) in [6, 6.07) is 12.8. The van der Waals surface area contributed by atoms with Crippen molar-refractivity contribution >= 4 is 35.2 Å². The summed E-state index contributed by atoms with van der Waals surface area (Å²) in [7, 11) is 0. The van der Waals surface area contributed by atoms with Crippen LogP contribution in [0.2, 0.25) is 0 Å². The Labute approximate surface area is 247 Å². The zero-order chi connectivity index (χ0) is 31.5. The summed E-state index contributed by atoms with van der Waals surface area (Å²) in [5, 5.41) is 34.9. The van der Waals surface area contributed by atoms with Gasteiger partial charge in [0.1, 0.15) is 11.7 Å². The number of carboxylic acids is 1. The number of carbonyl (C=O) groups is 3. The highest BCUT2D eigenvalue weighted by atomic mass is 19.1. The Kier molecular flexibility index (Phi) is 11.4. The van der Waals surface area contributed by atoms with Crippen molar-refractivity contribution < 1.29 is 43.2 Å². The summed E-state index contributed by atoms with van der Waals surface area (Å²) in [5.74, 6) is -2.28. The topological polar surface area (TPSA) is 179 Å². The lowest BCUT2D eigenvalue weighted by Gasteiger charge is -2.20. The molecule has 0 bridgehead atoms. The number of nitrogens with one attached hydrogen (secondary N) is 4. The quantitative estimate of drug-likeness (QED) is 0.122. The van der Waals surface area contributed by atoms with E-state index in [4.69, 9.17) is 24.7 Å². The molecule has 0 atom stereocenters. The molecule has 6 N–H and O–H groups in total. The monoisotopic (exact) mass is 596 g/mol. The number of hydrogen-bond acceptors (Lipinski definition) is 9. The maximum Gasteiger partial charge on any atom is 0.412 e. The van der Waals surface area contributed by atoms with Crippen LogP contribution < -0.4 is 25.4 Å². The largest absolute Gasteiger partial charge is 0.487 e. The van der Waals surface area contributed by atoms with Crippen LogP contribution in [0.15, 0.2) is 54.6 Å². The van der Waals surface area contributed by atoms with Crippen LogP contribution in [0, 0.1) is 11.2 Å². The van der Waals surface area contributed by atoms with Crippen molar-refractivity contribution in [2.45, 2.75) is 40.0 Å². The summed E-state index contributed by atoms with van der Waals surface area (Å²) in [4.78, 5) is 35.9. The zero-order valence-corrected chi connectivity index (χ0v) is 23.8. The van der Waals surface area contributed by atoms with Gasteiger partial charge >= 0.3 is 12.1 Å². The van der Waals surface area contributed by atoms with Crippen LogP contribution in [0.4, 0.5) is 20.6 Å². The van der Waals surface area contributed by atoms with E-state index in [-0.39, 0.29) is 54.4 Å². The van der Waals surface area contributed by atoms with Crippen LogP contribution in [0.25, 0.3) is 0 Å². The molecule has 0 saturated heterocycles. The molecule has 13 heteroatoms. The molecule has 0 aliphatic carbocycles. The van der Waals surface area contributed by atoms with E-state index in [9.17, 15) is 23.9 Å². The van der Waals surface area contributed by atoms with E-state index in [1.54, 1.807) is 32.9 Å². The molecule has 12 nitrogen and oxygen atoms in total. The van der Waals surface area contributed by atoms with Crippen LogP contribution in [0.3, 0.4) is 0 Å². The number of hydrogen-bond donors (Lipinski definition) is 6. The molecule has 3 aromatic rings. The van der Waals surface area contributed by atoms with Crippen molar-refractivity contribution in [2.24, 2.45) is 0 Å². The number of carboxylic acid groups (broad SMARTS) is 1. The molecule has 0 fully saturated rings. The predicted molar refractivity (Wildman–Crippen MR) is 156 cm³/mol. The lowest BCUT2D eigenvalue weighted by atomic mass is 10.1. The van der Waals surface area contributed by atoms with Crippen molar-refractivity contribution in [3.8, 4) is 11.5 Å². The standard InChI is InChI=1S/C30H33FN4O8/c1-4-41-30(40)35-28(32)19-5-8-22(9-6-19)34-29(39)23-13-21(31)7-10-24(23)33-14-20-11-18(15-36)12-25(43-17(2)3)27(20)42-16-26(37)38/h5-13,17,33,36H,4,14-16H2,1-3H3,(H,34,39)(H,37,38)(H2,32,35,40). The Bertz CT molecular complexity index is 1480. The first-order valence-electron chi connectivity index (χ1n) is 13.3. The third kappa shape index (κ3) is 9.43. The molecule has 43 heavy (non-hydrogen) atoms. The highest BCUT2D eigenvalue weighted by Gasteiger charge is 2.19. The molecular weight excluding hydrogens is 563 g/mol. The van der Waals surface area contributed by atoms with E-state index in [1.807, 2.05) is 0 Å². The van der Waals surface area contributed by atoms with Crippen molar-refractivity contribution in [1.29, 1.82) is 5.41 Å². The van der Waals surface area contributed by atoms with Crippen molar-refractivity contribution in [2.75, 3.05) is 23.8 Å². The van der Waals surface area contributed by atoms with Crippen molar-refractivity contribution in [3.63, 3.8) is 0 Å². The summed E-state index contributed by atoms with van der Waals surface area (Å²) < 4.78 is 30.3. The van der Waals surface area contributed by atoms with Crippen LogP contribution in [0.5, 0.6) is 11.5 Å². The van der Waals surface area contributed by atoms with Gasteiger partial charge in [-0.25, -0.2) is 14.0 Å². The minimum Gasteiger partial charge on any atom is -0.487 e. The van der Waals surface area contributed by atoms with Crippen LogP contribution >= 0.6 is 0 Å². The number of aliphatic hydroxyl groups excluding tert-OH is 1. The smallest absolute Gasteiger partial charge is 0.412 e. The predicted octanol–water partition coefficient (Wildman–Crippen LogP) is 4.50. The molecule has 0 spiro atoms. The Morgan fingerprint density at radius 1 is 1.05 bits per heavy atom. The van der Waals surface area contributed by atoms with Crippen molar-refractivity contribution in [1.82, 2.24) is 5.32 Å². The maximum atomic E-state index is 14.2. The molecule has 0 aliphatic heterocycles. The van der Waals surface area contributed by atoms with Crippen LogP contribution in [-0.4, -0.2) is 53.3 Å². The lowest BCUT2D eigenvalue weighted by Crippen LogP contribution is -2.31. The summed E-state index contributed by atoms with van der Waals surface area (Å²) in [6.45, 7) is 4.42. The van der Waals surface area contributed by atoms with Crippen LogP contribution in [0.1, 0.15) is 47.8 Å². The molecule has 2 amide bonds. The minimum absolute atomic E-state index is 0.00738. The fourth-order valence-electron chi connectivity index (χ4n) is 3.89. The molecule has 228 valence electrons. The molecule has 3 aromatic carbocycles. The fraction of sp³-hybridized carbons (Fsp3) is 0.267. The molecule has 0 aliphatic rings. The van der Waals surface area contributed by atoms with Gasteiger partial charge in [0.15, 0.2) is 18.1 Å². The molecular formula is C30H33FN4O8. The van der Waals surface area contributed by atoms with Gasteiger partial charge in [0.05, 0.1) is 24.9 Å². The SMILES string of the molecule is CCOC(=O)NC(=N)c1ccc(NC(=O)c2cc(F)ccc2NCc2cc(CO)cc(OC(C)C)c2OCC(=O)O)cc1. The van der Waals surface area contributed by atoms with Gasteiger partial charge in [-0.3, -0.25) is 15.5 Å². The van der Waals surface area contributed by atoms with Gasteiger partial charge < -0.3 is 35.1 Å². The maximum absolute atomic E-state index is 14.2. The molecule has 0 saturated carbocycles. The molecule has 0 heterocycles. The van der Waals surface area contributed by atoms with E-state index < -0.39 is 30.4 Å². The van der Waals surface area contributed by atoms with Crippen LogP contribution in [-0.2, 0) is 22.7 Å². The number of ether oxygens (including phenoxy) is 3. The Morgan fingerprint density at radius 3 is 2.40 bits per heavy atom. The highest BCUT2D eigenvalue weighted by Crippen LogP contribution is 2.35. The molecule has 3 rings (SSSR count). The summed E-state index contributed by atoms with van der Waals surface area (Å²) in [6.07, 6.45) is -1.04. The van der Waals surface area contributed by atoms with E-state index in [0.717, 1.165) is 6.07 Å². The van der Waals surface area contributed by atoms with Gasteiger partial charge in [0, 0.05) is 29.0 Å². The number of anilines is 2. The third-order valence-electron chi connectivity index (χ3n) is 5.71. The average molecular weight is 597 g/mol. The molecule has 0 unspecified atom stereocenters. The number of aliphatic carboxylic acids is 1. The van der Waals surface area contributed by atoms with E-state index >= 15 is 0 Å². The number of amides is 2. The Hall–Kier alpha value is -5.17. The van der Waals surface area contributed by atoms with Gasteiger partial charge in [0.25, 0.3) is 5.91 Å². The Balaban J connectivity index is 1.82. The first kappa shape index (κ1) is 32.3. The second-order valence-corrected chi connectivity index (χ2v) is 9.38. The second kappa shape index (κ2) is 15.2. The first-order chi connectivity index (χ1) is 20.5. The van der Waals surface area contributed by atoms with Gasteiger partial charge in [-0.15, -0.1) is 0 Å². The first-order valence-corrected chi connectivity index (χ1v) is 13.3. The lowest BCUT2D eigenvalue weighted by molar-refractivity contribution is -0.139. The second-order valence-electron chi connectivity index (χ2n) is 9.38. The number of aliphatic hydroxyl groups is 1. The van der Waals surface area contributed by atoms with Crippen molar-refractivity contribution in [3.05, 3.63) is 82.7 Å². The summed E-state index contributed by atoms with van der Waals surface area (Å²) in [5.41, 5.74) is 1.88. The minimum atomic E-state index is -1.20. The number of rotatable bonds is 13. The van der Waals surface area contributed by atoms with E-state index in [0.29, 0.717) is 22.4 Å². The highest BCUT2D eigenvalue weighted by molar-refractivity contribution is 6.08. The fourth-order valence-corrected chi connectivity index (χ4v) is 3.89. The average Bonchev–Trinajstić information content (AvgIpc) is 2.95. The van der Waals surface area contributed by atoms with Gasteiger partial charge in [0.2, 0.25) is 0 Å². The normalized spacial score (nSPS) is 10.6. The third-order valence-corrected chi connectivity index (χ3v) is 5.71.